The fourth-order valence-corrected chi connectivity index (χ4v) is 3.86. The van der Waals surface area contributed by atoms with Crippen LogP contribution in [0.2, 0.25) is 5.02 Å². The van der Waals surface area contributed by atoms with Gasteiger partial charge in [0.05, 0.1) is 28.1 Å². The average molecular weight is 413 g/mol. The largest absolute Gasteiger partial charge is 0.494 e. The Bertz CT molecular complexity index is 1240. The number of aromatic amines is 1. The molecule has 4 rings (SSSR count). The molecule has 0 saturated carbocycles. The van der Waals surface area contributed by atoms with Crippen molar-refractivity contribution >= 4 is 44.5 Å². The molecular formula is C20H17ClN4O2S. The number of fused-ring (bicyclic) bond motifs is 1. The van der Waals surface area contributed by atoms with Crippen LogP contribution in [0, 0.1) is 6.92 Å². The van der Waals surface area contributed by atoms with Gasteiger partial charge < -0.3 is 4.74 Å². The second-order valence-electron chi connectivity index (χ2n) is 6.09. The van der Waals surface area contributed by atoms with Crippen molar-refractivity contribution in [3.63, 3.8) is 0 Å². The van der Waals surface area contributed by atoms with Crippen molar-refractivity contribution in [1.29, 1.82) is 0 Å². The van der Waals surface area contributed by atoms with Gasteiger partial charge in [0, 0.05) is 16.9 Å². The highest BCUT2D eigenvalue weighted by atomic mass is 35.5. The van der Waals surface area contributed by atoms with E-state index < -0.39 is 0 Å². The Hall–Kier alpha value is -2.90. The van der Waals surface area contributed by atoms with Crippen LogP contribution < -0.4 is 10.3 Å². The highest BCUT2D eigenvalue weighted by Crippen LogP contribution is 2.30. The highest BCUT2D eigenvalue weighted by Gasteiger charge is 2.11. The summed E-state index contributed by atoms with van der Waals surface area (Å²) in [4.78, 5) is 21.7. The molecule has 0 aliphatic rings. The number of aliphatic imine (C=N–C) groups is 1. The van der Waals surface area contributed by atoms with Gasteiger partial charge >= 0.3 is 0 Å². The van der Waals surface area contributed by atoms with E-state index in [0.717, 1.165) is 16.0 Å². The maximum atomic E-state index is 12.8. The number of aryl methyl sites for hydroxylation is 1. The van der Waals surface area contributed by atoms with E-state index in [-0.39, 0.29) is 5.56 Å². The van der Waals surface area contributed by atoms with Crippen molar-refractivity contribution in [2.75, 3.05) is 6.61 Å². The second kappa shape index (κ2) is 7.61. The molecule has 1 N–H and O–H groups in total. The Labute approximate surface area is 170 Å². The molecule has 4 aromatic rings. The molecule has 0 atom stereocenters. The molecule has 28 heavy (non-hydrogen) atoms. The number of rotatable bonds is 5. The SMILES string of the molecule is CCOc1ccc2nc(/N=C/c3c(C)[nH]n(-c4cccc(Cl)c4)c3=O)sc2c1. The molecule has 0 spiro atoms. The third-order valence-corrected chi connectivity index (χ3v) is 5.31. The van der Waals surface area contributed by atoms with Crippen molar-refractivity contribution in [2.24, 2.45) is 4.99 Å². The molecular weight excluding hydrogens is 396 g/mol. The maximum absolute atomic E-state index is 12.8. The number of H-pyrrole nitrogens is 1. The fraction of sp³-hybridized carbons (Fsp3) is 0.150. The molecule has 2 aromatic carbocycles. The van der Waals surface area contributed by atoms with E-state index in [0.29, 0.717) is 33.7 Å². The topological polar surface area (TPSA) is 72.3 Å². The van der Waals surface area contributed by atoms with E-state index in [1.54, 1.807) is 24.4 Å². The first kappa shape index (κ1) is 18.5. The standard InChI is InChI=1S/C20H17ClN4O2S/c1-3-27-15-7-8-17-18(10-15)28-20(23-17)22-11-16-12(2)24-25(19(16)26)14-6-4-5-13(21)9-14/h4-11,24H,3H2,1-2H3/b22-11+. The summed E-state index contributed by atoms with van der Waals surface area (Å²) in [6.45, 7) is 4.39. The lowest BCUT2D eigenvalue weighted by molar-refractivity contribution is 0.341. The maximum Gasteiger partial charge on any atom is 0.280 e. The highest BCUT2D eigenvalue weighted by molar-refractivity contribution is 7.22. The third kappa shape index (κ3) is 3.58. The number of ether oxygens (including phenoxy) is 1. The Kier molecular flexibility index (Phi) is 5.02. The number of halogens is 1. The fourth-order valence-electron chi connectivity index (χ4n) is 2.83. The van der Waals surface area contributed by atoms with Crippen LogP contribution >= 0.6 is 22.9 Å². The zero-order valence-electron chi connectivity index (χ0n) is 15.3. The molecule has 0 bridgehead atoms. The summed E-state index contributed by atoms with van der Waals surface area (Å²) in [7, 11) is 0. The van der Waals surface area contributed by atoms with Gasteiger partial charge in [-0.05, 0) is 50.2 Å². The summed E-state index contributed by atoms with van der Waals surface area (Å²) in [5.74, 6) is 0.806. The van der Waals surface area contributed by atoms with Crippen molar-refractivity contribution in [1.82, 2.24) is 14.8 Å². The number of nitrogens with one attached hydrogen (secondary N) is 1. The molecule has 142 valence electrons. The van der Waals surface area contributed by atoms with Gasteiger partial charge in [0.15, 0.2) is 0 Å². The summed E-state index contributed by atoms with van der Waals surface area (Å²) in [6, 6.07) is 12.8. The van der Waals surface area contributed by atoms with E-state index in [1.807, 2.05) is 38.1 Å². The van der Waals surface area contributed by atoms with Crippen LogP contribution in [0.5, 0.6) is 5.75 Å². The summed E-state index contributed by atoms with van der Waals surface area (Å²) >= 11 is 7.48. The van der Waals surface area contributed by atoms with Gasteiger partial charge in [-0.3, -0.25) is 9.89 Å². The second-order valence-corrected chi connectivity index (χ2v) is 7.53. The van der Waals surface area contributed by atoms with E-state index >= 15 is 0 Å². The Morgan fingerprint density at radius 2 is 2.18 bits per heavy atom. The number of benzene rings is 2. The normalized spacial score (nSPS) is 11.5. The third-order valence-electron chi connectivity index (χ3n) is 4.15. The van der Waals surface area contributed by atoms with Crippen LogP contribution in [0.4, 0.5) is 5.13 Å². The summed E-state index contributed by atoms with van der Waals surface area (Å²) in [6.07, 6.45) is 1.55. The lowest BCUT2D eigenvalue weighted by atomic mass is 10.3. The number of nitrogens with zero attached hydrogens (tertiary/aromatic N) is 3. The van der Waals surface area contributed by atoms with Gasteiger partial charge in [-0.25, -0.2) is 14.7 Å². The molecule has 0 unspecified atom stereocenters. The van der Waals surface area contributed by atoms with Gasteiger partial charge in [0.1, 0.15) is 5.75 Å². The molecule has 0 aliphatic heterocycles. The van der Waals surface area contributed by atoms with Crippen LogP contribution in [0.15, 0.2) is 52.3 Å². The number of thiazole rings is 1. The van der Waals surface area contributed by atoms with E-state index in [4.69, 9.17) is 16.3 Å². The minimum atomic E-state index is -0.191. The first-order valence-corrected chi connectivity index (χ1v) is 9.89. The van der Waals surface area contributed by atoms with Crippen LogP contribution in [0.25, 0.3) is 15.9 Å². The lowest BCUT2D eigenvalue weighted by Crippen LogP contribution is -2.17. The summed E-state index contributed by atoms with van der Waals surface area (Å²) in [5, 5.41) is 4.21. The average Bonchev–Trinajstić information content (AvgIpc) is 3.20. The minimum absolute atomic E-state index is 0.191. The molecule has 0 amide bonds. The molecule has 0 radical (unpaired) electrons. The van der Waals surface area contributed by atoms with E-state index in [1.165, 1.54) is 16.0 Å². The number of aromatic nitrogens is 3. The van der Waals surface area contributed by atoms with E-state index in [2.05, 4.69) is 15.1 Å². The van der Waals surface area contributed by atoms with Gasteiger partial charge in [0.2, 0.25) is 5.13 Å². The van der Waals surface area contributed by atoms with Crippen molar-refractivity contribution in [2.45, 2.75) is 13.8 Å². The van der Waals surface area contributed by atoms with Crippen LogP contribution in [-0.2, 0) is 0 Å². The quantitative estimate of drug-likeness (QED) is 0.474. The van der Waals surface area contributed by atoms with Crippen LogP contribution in [-0.4, -0.2) is 27.6 Å². The number of hydrogen-bond acceptors (Lipinski definition) is 5. The zero-order valence-corrected chi connectivity index (χ0v) is 16.8. The number of hydrogen-bond donors (Lipinski definition) is 1. The Balaban J connectivity index is 1.66. The van der Waals surface area contributed by atoms with Gasteiger partial charge in [0.25, 0.3) is 5.56 Å². The first-order chi connectivity index (χ1) is 13.5. The smallest absolute Gasteiger partial charge is 0.280 e. The van der Waals surface area contributed by atoms with Crippen LogP contribution in [0.3, 0.4) is 0 Å². The molecule has 8 heteroatoms. The van der Waals surface area contributed by atoms with Gasteiger partial charge in [-0.2, -0.15) is 0 Å². The zero-order chi connectivity index (χ0) is 19.7. The molecule has 0 fully saturated rings. The summed E-state index contributed by atoms with van der Waals surface area (Å²) in [5.41, 5.74) is 2.53. The predicted octanol–water partition coefficient (Wildman–Crippen LogP) is 4.89. The Morgan fingerprint density at radius 1 is 1.32 bits per heavy atom. The molecule has 0 saturated heterocycles. The Morgan fingerprint density at radius 3 is 2.96 bits per heavy atom. The van der Waals surface area contributed by atoms with E-state index in [9.17, 15) is 4.79 Å². The van der Waals surface area contributed by atoms with Crippen molar-refractivity contribution < 1.29 is 4.74 Å². The minimum Gasteiger partial charge on any atom is -0.494 e. The lowest BCUT2D eigenvalue weighted by Gasteiger charge is -2.01. The molecule has 0 aliphatic carbocycles. The molecule has 2 aromatic heterocycles. The first-order valence-electron chi connectivity index (χ1n) is 8.70. The summed E-state index contributed by atoms with van der Waals surface area (Å²) < 4.78 is 7.96. The monoisotopic (exact) mass is 412 g/mol. The molecule has 6 nitrogen and oxygen atoms in total. The molecule has 2 heterocycles. The van der Waals surface area contributed by atoms with Gasteiger partial charge in [-0.1, -0.05) is 29.0 Å². The van der Waals surface area contributed by atoms with Crippen molar-refractivity contribution in [3.8, 4) is 11.4 Å². The van der Waals surface area contributed by atoms with Crippen molar-refractivity contribution in [3.05, 3.63) is 69.1 Å². The predicted molar refractivity (Wildman–Crippen MR) is 114 cm³/mol. The van der Waals surface area contributed by atoms with Gasteiger partial charge in [-0.15, -0.1) is 0 Å². The van der Waals surface area contributed by atoms with Crippen LogP contribution in [0.1, 0.15) is 18.2 Å².